The standard InChI is InChI=1S/C12H11BrOS/c1-8-12(13)11(7-15-8)9-3-5-10(14-2)6-4-9/h3-7H,1-2H3. The molecule has 1 nitrogen and oxygen atoms in total. The molecule has 78 valence electrons. The lowest BCUT2D eigenvalue weighted by molar-refractivity contribution is 0.415. The van der Waals surface area contributed by atoms with Gasteiger partial charge in [-0.25, -0.2) is 0 Å². The van der Waals surface area contributed by atoms with E-state index < -0.39 is 0 Å². The van der Waals surface area contributed by atoms with Crippen LogP contribution >= 0.6 is 27.3 Å². The lowest BCUT2D eigenvalue weighted by atomic mass is 10.1. The summed E-state index contributed by atoms with van der Waals surface area (Å²) in [6, 6.07) is 8.11. The van der Waals surface area contributed by atoms with Crippen molar-refractivity contribution in [2.24, 2.45) is 0 Å². The average Bonchev–Trinajstić information content (AvgIpc) is 2.60. The first-order valence-electron chi connectivity index (χ1n) is 4.60. The first kappa shape index (κ1) is 10.7. The van der Waals surface area contributed by atoms with Crippen LogP contribution in [0.3, 0.4) is 0 Å². The van der Waals surface area contributed by atoms with E-state index in [1.165, 1.54) is 20.5 Å². The van der Waals surface area contributed by atoms with Crippen LogP contribution in [0.2, 0.25) is 0 Å². The normalized spacial score (nSPS) is 10.3. The Hall–Kier alpha value is -0.800. The van der Waals surface area contributed by atoms with Crippen molar-refractivity contribution in [2.45, 2.75) is 6.92 Å². The fourth-order valence-corrected chi connectivity index (χ4v) is 2.94. The fourth-order valence-electron chi connectivity index (χ4n) is 1.41. The van der Waals surface area contributed by atoms with Gasteiger partial charge in [-0.2, -0.15) is 0 Å². The quantitative estimate of drug-likeness (QED) is 0.788. The van der Waals surface area contributed by atoms with Gasteiger partial charge in [0, 0.05) is 14.9 Å². The minimum Gasteiger partial charge on any atom is -0.497 e. The van der Waals surface area contributed by atoms with Crippen molar-refractivity contribution in [2.75, 3.05) is 7.11 Å². The molecule has 0 bridgehead atoms. The molecule has 2 aromatic rings. The van der Waals surface area contributed by atoms with Crippen molar-refractivity contribution in [3.63, 3.8) is 0 Å². The first-order chi connectivity index (χ1) is 7.22. The number of methoxy groups -OCH3 is 1. The SMILES string of the molecule is COc1ccc(-c2csc(C)c2Br)cc1. The Morgan fingerprint density at radius 2 is 1.87 bits per heavy atom. The Balaban J connectivity index is 2.41. The number of ether oxygens (including phenoxy) is 1. The fraction of sp³-hybridized carbons (Fsp3) is 0.167. The highest BCUT2D eigenvalue weighted by molar-refractivity contribution is 9.10. The molecule has 0 aliphatic rings. The van der Waals surface area contributed by atoms with Crippen molar-refractivity contribution in [1.29, 1.82) is 0 Å². The van der Waals surface area contributed by atoms with E-state index >= 15 is 0 Å². The number of aryl methyl sites for hydroxylation is 1. The maximum absolute atomic E-state index is 5.13. The molecule has 0 unspecified atom stereocenters. The van der Waals surface area contributed by atoms with E-state index in [0.717, 1.165) is 5.75 Å². The Labute approximate surface area is 102 Å². The molecule has 1 aromatic carbocycles. The molecule has 0 radical (unpaired) electrons. The molecule has 0 aliphatic heterocycles. The lowest BCUT2D eigenvalue weighted by Crippen LogP contribution is -1.82. The van der Waals surface area contributed by atoms with Gasteiger partial charge in [-0.3, -0.25) is 0 Å². The maximum Gasteiger partial charge on any atom is 0.118 e. The Morgan fingerprint density at radius 3 is 2.33 bits per heavy atom. The molecule has 0 fully saturated rings. The van der Waals surface area contributed by atoms with Gasteiger partial charge in [-0.05, 0) is 45.9 Å². The van der Waals surface area contributed by atoms with Gasteiger partial charge >= 0.3 is 0 Å². The van der Waals surface area contributed by atoms with Gasteiger partial charge in [0.1, 0.15) is 5.75 Å². The summed E-state index contributed by atoms with van der Waals surface area (Å²) < 4.78 is 6.32. The first-order valence-corrected chi connectivity index (χ1v) is 6.27. The zero-order valence-electron chi connectivity index (χ0n) is 8.58. The zero-order valence-corrected chi connectivity index (χ0v) is 11.0. The van der Waals surface area contributed by atoms with Gasteiger partial charge in [-0.15, -0.1) is 11.3 Å². The summed E-state index contributed by atoms with van der Waals surface area (Å²) in [5.41, 5.74) is 2.46. The second kappa shape index (κ2) is 4.37. The second-order valence-corrected chi connectivity index (χ2v) is 5.12. The minimum atomic E-state index is 0.891. The minimum absolute atomic E-state index is 0.891. The summed E-state index contributed by atoms with van der Waals surface area (Å²) in [6.45, 7) is 2.11. The number of hydrogen-bond acceptors (Lipinski definition) is 2. The van der Waals surface area contributed by atoms with E-state index in [1.54, 1.807) is 18.4 Å². The van der Waals surface area contributed by atoms with Crippen LogP contribution in [0.15, 0.2) is 34.1 Å². The van der Waals surface area contributed by atoms with Crippen molar-refractivity contribution in [3.05, 3.63) is 39.0 Å². The highest BCUT2D eigenvalue weighted by atomic mass is 79.9. The van der Waals surface area contributed by atoms with E-state index in [2.05, 4.69) is 40.4 Å². The van der Waals surface area contributed by atoms with E-state index in [9.17, 15) is 0 Å². The van der Waals surface area contributed by atoms with E-state index in [1.807, 2.05) is 12.1 Å². The molecule has 2 rings (SSSR count). The molecule has 1 aromatic heterocycles. The Kier molecular flexibility index (Phi) is 3.12. The van der Waals surface area contributed by atoms with E-state index in [4.69, 9.17) is 4.74 Å². The zero-order chi connectivity index (χ0) is 10.8. The lowest BCUT2D eigenvalue weighted by Gasteiger charge is -2.02. The van der Waals surface area contributed by atoms with E-state index in [0.29, 0.717) is 0 Å². The van der Waals surface area contributed by atoms with Crippen LogP contribution < -0.4 is 4.74 Å². The number of hydrogen-bond donors (Lipinski definition) is 0. The molecule has 1 heterocycles. The van der Waals surface area contributed by atoms with Gasteiger partial charge in [0.25, 0.3) is 0 Å². The molecule has 0 atom stereocenters. The van der Waals surface area contributed by atoms with Crippen LogP contribution in [-0.2, 0) is 0 Å². The molecule has 0 saturated carbocycles. The molecular formula is C12H11BrOS. The molecule has 15 heavy (non-hydrogen) atoms. The van der Waals surface area contributed by atoms with Gasteiger partial charge in [0.15, 0.2) is 0 Å². The van der Waals surface area contributed by atoms with Crippen LogP contribution in [0.4, 0.5) is 0 Å². The average molecular weight is 283 g/mol. The molecule has 0 amide bonds. The third-order valence-electron chi connectivity index (χ3n) is 2.30. The van der Waals surface area contributed by atoms with Crippen LogP contribution in [0.5, 0.6) is 5.75 Å². The smallest absolute Gasteiger partial charge is 0.118 e. The second-order valence-electron chi connectivity index (χ2n) is 3.25. The summed E-state index contributed by atoms with van der Waals surface area (Å²) in [5.74, 6) is 0.891. The largest absolute Gasteiger partial charge is 0.497 e. The Morgan fingerprint density at radius 1 is 1.20 bits per heavy atom. The molecule has 0 aliphatic carbocycles. The predicted octanol–water partition coefficient (Wildman–Crippen LogP) is 4.49. The van der Waals surface area contributed by atoms with Crippen LogP contribution in [0.25, 0.3) is 11.1 Å². The third kappa shape index (κ3) is 2.08. The summed E-state index contributed by atoms with van der Waals surface area (Å²) in [4.78, 5) is 1.31. The van der Waals surface area contributed by atoms with Crippen molar-refractivity contribution >= 4 is 27.3 Å². The topological polar surface area (TPSA) is 9.23 Å². The van der Waals surface area contributed by atoms with Crippen molar-refractivity contribution in [1.82, 2.24) is 0 Å². The van der Waals surface area contributed by atoms with Gasteiger partial charge in [0.2, 0.25) is 0 Å². The predicted molar refractivity (Wildman–Crippen MR) is 68.7 cm³/mol. The molecule has 3 heteroatoms. The molecule has 0 saturated heterocycles. The number of thiophene rings is 1. The number of halogens is 1. The highest BCUT2D eigenvalue weighted by Gasteiger charge is 2.07. The summed E-state index contributed by atoms with van der Waals surface area (Å²) in [6.07, 6.45) is 0. The molecule has 0 spiro atoms. The van der Waals surface area contributed by atoms with Crippen molar-refractivity contribution < 1.29 is 4.74 Å². The molecular weight excluding hydrogens is 272 g/mol. The summed E-state index contributed by atoms with van der Waals surface area (Å²) >= 11 is 5.36. The Bertz CT molecular complexity index is 459. The highest BCUT2D eigenvalue weighted by Crippen LogP contribution is 2.35. The number of benzene rings is 1. The van der Waals surface area contributed by atoms with E-state index in [-0.39, 0.29) is 0 Å². The van der Waals surface area contributed by atoms with Crippen LogP contribution in [0, 0.1) is 6.92 Å². The van der Waals surface area contributed by atoms with Gasteiger partial charge in [-0.1, -0.05) is 12.1 Å². The maximum atomic E-state index is 5.13. The van der Waals surface area contributed by atoms with Crippen LogP contribution in [-0.4, -0.2) is 7.11 Å². The third-order valence-corrected chi connectivity index (χ3v) is 4.50. The number of rotatable bonds is 2. The summed E-state index contributed by atoms with van der Waals surface area (Å²) in [5, 5.41) is 2.17. The summed E-state index contributed by atoms with van der Waals surface area (Å²) in [7, 11) is 1.68. The van der Waals surface area contributed by atoms with Crippen LogP contribution in [0.1, 0.15) is 4.88 Å². The monoisotopic (exact) mass is 282 g/mol. The van der Waals surface area contributed by atoms with Gasteiger partial charge in [0.05, 0.1) is 7.11 Å². The van der Waals surface area contributed by atoms with Gasteiger partial charge < -0.3 is 4.74 Å². The molecule has 0 N–H and O–H groups in total. The van der Waals surface area contributed by atoms with Crippen molar-refractivity contribution in [3.8, 4) is 16.9 Å².